The van der Waals surface area contributed by atoms with Crippen LogP contribution in [0.2, 0.25) is 0 Å². The van der Waals surface area contributed by atoms with Crippen LogP contribution in [0.4, 0.5) is 0 Å². The molecule has 0 heterocycles. The molecule has 0 bridgehead atoms. The SMILES string of the molecule is COc1cccc(CN[C@H](C)C(C)C)c1. The van der Waals surface area contributed by atoms with E-state index in [1.165, 1.54) is 5.56 Å². The second-order valence-corrected chi connectivity index (χ2v) is 4.27. The molecule has 0 aromatic heterocycles. The first-order valence-corrected chi connectivity index (χ1v) is 5.49. The molecule has 0 aliphatic heterocycles. The number of methoxy groups -OCH3 is 1. The number of rotatable bonds is 5. The summed E-state index contributed by atoms with van der Waals surface area (Å²) in [5.41, 5.74) is 1.27. The molecule has 0 saturated heterocycles. The molecule has 1 rings (SSSR count). The van der Waals surface area contributed by atoms with Gasteiger partial charge >= 0.3 is 0 Å². The lowest BCUT2D eigenvalue weighted by molar-refractivity contribution is 0.411. The lowest BCUT2D eigenvalue weighted by Gasteiger charge is -2.17. The molecule has 2 heteroatoms. The van der Waals surface area contributed by atoms with Crippen molar-refractivity contribution in [3.8, 4) is 5.75 Å². The van der Waals surface area contributed by atoms with Crippen LogP contribution in [0, 0.1) is 5.92 Å². The molecule has 84 valence electrons. The van der Waals surface area contributed by atoms with Gasteiger partial charge in [0.2, 0.25) is 0 Å². The van der Waals surface area contributed by atoms with Gasteiger partial charge in [-0.3, -0.25) is 0 Å². The van der Waals surface area contributed by atoms with Crippen molar-refractivity contribution in [1.82, 2.24) is 5.32 Å². The molecule has 1 atom stereocenters. The first-order chi connectivity index (χ1) is 7.13. The van der Waals surface area contributed by atoms with Crippen LogP contribution in [-0.4, -0.2) is 13.2 Å². The van der Waals surface area contributed by atoms with Crippen LogP contribution in [0.3, 0.4) is 0 Å². The minimum absolute atomic E-state index is 0.538. The average molecular weight is 207 g/mol. The van der Waals surface area contributed by atoms with Gasteiger partial charge in [-0.2, -0.15) is 0 Å². The minimum atomic E-state index is 0.538. The summed E-state index contributed by atoms with van der Waals surface area (Å²) in [6, 6.07) is 8.71. The largest absolute Gasteiger partial charge is 0.497 e. The number of nitrogens with one attached hydrogen (secondary N) is 1. The van der Waals surface area contributed by atoms with Crippen LogP contribution >= 0.6 is 0 Å². The molecule has 0 radical (unpaired) electrons. The summed E-state index contributed by atoms with van der Waals surface area (Å²) in [5.74, 6) is 1.59. The van der Waals surface area contributed by atoms with Crippen molar-refractivity contribution >= 4 is 0 Å². The highest BCUT2D eigenvalue weighted by Gasteiger charge is 2.05. The smallest absolute Gasteiger partial charge is 0.119 e. The normalized spacial score (nSPS) is 12.9. The molecule has 1 aromatic carbocycles. The Bertz CT molecular complexity index is 296. The van der Waals surface area contributed by atoms with E-state index in [1.54, 1.807) is 7.11 Å². The van der Waals surface area contributed by atoms with Crippen LogP contribution in [-0.2, 0) is 6.54 Å². The topological polar surface area (TPSA) is 21.3 Å². The molecular weight excluding hydrogens is 186 g/mol. The quantitative estimate of drug-likeness (QED) is 0.801. The molecule has 0 amide bonds. The lowest BCUT2D eigenvalue weighted by Crippen LogP contribution is -2.30. The Morgan fingerprint density at radius 3 is 2.60 bits per heavy atom. The van der Waals surface area contributed by atoms with Crippen molar-refractivity contribution in [1.29, 1.82) is 0 Å². The molecule has 0 fully saturated rings. The fourth-order valence-corrected chi connectivity index (χ4v) is 1.30. The van der Waals surface area contributed by atoms with Gasteiger partial charge in [0, 0.05) is 12.6 Å². The molecule has 15 heavy (non-hydrogen) atoms. The fraction of sp³-hybridized carbons (Fsp3) is 0.538. The zero-order valence-corrected chi connectivity index (χ0v) is 10.1. The molecule has 0 saturated carbocycles. The van der Waals surface area contributed by atoms with E-state index in [9.17, 15) is 0 Å². The zero-order chi connectivity index (χ0) is 11.3. The monoisotopic (exact) mass is 207 g/mol. The molecule has 0 aliphatic rings. The summed E-state index contributed by atoms with van der Waals surface area (Å²) in [6.07, 6.45) is 0. The Kier molecular flexibility index (Phi) is 4.63. The molecule has 0 unspecified atom stereocenters. The van der Waals surface area contributed by atoms with Gasteiger partial charge in [0.1, 0.15) is 5.75 Å². The van der Waals surface area contributed by atoms with Crippen LogP contribution in [0.15, 0.2) is 24.3 Å². The van der Waals surface area contributed by atoms with Gasteiger partial charge in [0.05, 0.1) is 7.11 Å². The maximum Gasteiger partial charge on any atom is 0.119 e. The highest BCUT2D eigenvalue weighted by atomic mass is 16.5. The number of benzene rings is 1. The Hall–Kier alpha value is -1.02. The summed E-state index contributed by atoms with van der Waals surface area (Å²) >= 11 is 0. The fourth-order valence-electron chi connectivity index (χ4n) is 1.30. The summed E-state index contributed by atoms with van der Waals surface area (Å²) < 4.78 is 5.18. The van der Waals surface area contributed by atoms with Gasteiger partial charge in [-0.05, 0) is 30.5 Å². The average Bonchev–Trinajstić information content (AvgIpc) is 2.26. The molecule has 2 nitrogen and oxygen atoms in total. The van der Waals surface area contributed by atoms with Gasteiger partial charge < -0.3 is 10.1 Å². The Balaban J connectivity index is 2.50. The highest BCUT2D eigenvalue weighted by molar-refractivity contribution is 5.28. The van der Waals surface area contributed by atoms with E-state index in [-0.39, 0.29) is 0 Å². The zero-order valence-electron chi connectivity index (χ0n) is 10.1. The Morgan fingerprint density at radius 1 is 1.27 bits per heavy atom. The maximum absolute atomic E-state index is 5.18. The summed E-state index contributed by atoms with van der Waals surface area (Å²) in [7, 11) is 1.70. The first kappa shape index (κ1) is 12.1. The third kappa shape index (κ3) is 3.92. The molecule has 1 N–H and O–H groups in total. The van der Waals surface area contributed by atoms with E-state index >= 15 is 0 Å². The second-order valence-electron chi connectivity index (χ2n) is 4.27. The van der Waals surface area contributed by atoms with Gasteiger partial charge in [0.15, 0.2) is 0 Å². The maximum atomic E-state index is 5.18. The summed E-state index contributed by atoms with van der Waals surface area (Å²) in [4.78, 5) is 0. The van der Waals surface area contributed by atoms with Crippen molar-refractivity contribution < 1.29 is 4.74 Å². The van der Waals surface area contributed by atoms with Crippen LogP contribution in [0.1, 0.15) is 26.3 Å². The third-order valence-corrected chi connectivity index (χ3v) is 2.76. The number of hydrogen-bond donors (Lipinski definition) is 1. The van der Waals surface area contributed by atoms with Crippen molar-refractivity contribution in [2.24, 2.45) is 5.92 Å². The Morgan fingerprint density at radius 2 is 2.00 bits per heavy atom. The predicted molar refractivity (Wildman–Crippen MR) is 64.1 cm³/mol. The van der Waals surface area contributed by atoms with Crippen LogP contribution in [0.5, 0.6) is 5.75 Å². The standard InChI is InChI=1S/C13H21NO/c1-10(2)11(3)14-9-12-6-5-7-13(8-12)15-4/h5-8,10-11,14H,9H2,1-4H3/t11-/m1/s1. The van der Waals surface area contributed by atoms with Crippen molar-refractivity contribution in [3.05, 3.63) is 29.8 Å². The van der Waals surface area contributed by atoms with Gasteiger partial charge in [-0.25, -0.2) is 0 Å². The molecule has 1 aromatic rings. The predicted octanol–water partition coefficient (Wildman–Crippen LogP) is 2.83. The van der Waals surface area contributed by atoms with E-state index in [1.807, 2.05) is 12.1 Å². The van der Waals surface area contributed by atoms with Crippen molar-refractivity contribution in [2.75, 3.05) is 7.11 Å². The Labute approximate surface area is 92.6 Å². The van der Waals surface area contributed by atoms with E-state index in [4.69, 9.17) is 4.74 Å². The van der Waals surface area contributed by atoms with E-state index in [2.05, 4.69) is 38.2 Å². The number of hydrogen-bond acceptors (Lipinski definition) is 2. The van der Waals surface area contributed by atoms with E-state index in [0.717, 1.165) is 12.3 Å². The third-order valence-electron chi connectivity index (χ3n) is 2.76. The summed E-state index contributed by atoms with van der Waals surface area (Å²) in [5, 5.41) is 3.49. The van der Waals surface area contributed by atoms with Crippen LogP contribution in [0.25, 0.3) is 0 Å². The van der Waals surface area contributed by atoms with Crippen molar-refractivity contribution in [2.45, 2.75) is 33.4 Å². The molecule has 0 spiro atoms. The van der Waals surface area contributed by atoms with Gasteiger partial charge in [0.25, 0.3) is 0 Å². The minimum Gasteiger partial charge on any atom is -0.497 e. The van der Waals surface area contributed by atoms with E-state index < -0.39 is 0 Å². The number of ether oxygens (including phenoxy) is 1. The second kappa shape index (κ2) is 5.76. The molecular formula is C13H21NO. The van der Waals surface area contributed by atoms with Gasteiger partial charge in [-0.1, -0.05) is 26.0 Å². The molecule has 0 aliphatic carbocycles. The van der Waals surface area contributed by atoms with Crippen LogP contribution < -0.4 is 10.1 Å². The first-order valence-electron chi connectivity index (χ1n) is 5.49. The highest BCUT2D eigenvalue weighted by Crippen LogP contribution is 2.12. The van der Waals surface area contributed by atoms with E-state index in [0.29, 0.717) is 12.0 Å². The van der Waals surface area contributed by atoms with Crippen molar-refractivity contribution in [3.63, 3.8) is 0 Å². The lowest BCUT2D eigenvalue weighted by atomic mass is 10.1. The summed E-state index contributed by atoms with van der Waals surface area (Å²) in [6.45, 7) is 7.56. The van der Waals surface area contributed by atoms with Gasteiger partial charge in [-0.15, -0.1) is 0 Å².